The zero-order chi connectivity index (χ0) is 15.3. The van der Waals surface area contributed by atoms with Crippen molar-refractivity contribution in [1.29, 1.82) is 10.5 Å². The first-order valence-corrected chi connectivity index (χ1v) is 7.39. The maximum atomic E-state index is 12.2. The second-order valence-electron chi connectivity index (χ2n) is 4.10. The lowest BCUT2D eigenvalue weighted by molar-refractivity contribution is 0.580. The number of nitrogens with zero attached hydrogens (tertiary/aromatic N) is 3. The predicted octanol–water partition coefficient (Wildman–Crippen LogP) is 1.30. The Morgan fingerprint density at radius 1 is 1.14 bits per heavy atom. The van der Waals surface area contributed by atoms with E-state index in [9.17, 15) is 8.42 Å². The van der Waals surface area contributed by atoms with E-state index in [0.29, 0.717) is 11.1 Å². The van der Waals surface area contributed by atoms with Crippen molar-refractivity contribution in [2.45, 2.75) is 11.4 Å². The molecule has 0 spiro atoms. The van der Waals surface area contributed by atoms with E-state index < -0.39 is 10.0 Å². The summed E-state index contributed by atoms with van der Waals surface area (Å²) in [4.78, 5) is 3.56. The molecule has 0 amide bonds. The minimum atomic E-state index is -3.84. The van der Waals surface area contributed by atoms with E-state index in [-0.39, 0.29) is 17.1 Å². The van der Waals surface area contributed by atoms with Gasteiger partial charge in [-0.2, -0.15) is 10.5 Å². The molecule has 0 aliphatic heterocycles. The Hall–Kier alpha value is -2.74. The van der Waals surface area contributed by atoms with Crippen LogP contribution in [0.5, 0.6) is 0 Å². The number of benzene rings is 1. The van der Waals surface area contributed by atoms with Gasteiger partial charge < -0.3 is 0 Å². The van der Waals surface area contributed by atoms with Crippen molar-refractivity contribution < 1.29 is 8.42 Å². The van der Waals surface area contributed by atoms with Crippen molar-refractivity contribution in [2.75, 3.05) is 0 Å². The first-order chi connectivity index (χ1) is 10.1. The van der Waals surface area contributed by atoms with Gasteiger partial charge in [-0.05, 0) is 29.8 Å². The van der Waals surface area contributed by atoms with Crippen LogP contribution in [0.25, 0.3) is 0 Å². The van der Waals surface area contributed by atoms with Gasteiger partial charge in [0, 0.05) is 12.7 Å². The van der Waals surface area contributed by atoms with E-state index in [4.69, 9.17) is 10.5 Å². The molecule has 2 aromatic rings. The van der Waals surface area contributed by atoms with Crippen LogP contribution in [0, 0.1) is 22.7 Å². The van der Waals surface area contributed by atoms with Crippen LogP contribution >= 0.6 is 0 Å². The number of nitriles is 2. The van der Waals surface area contributed by atoms with Crippen LogP contribution in [-0.4, -0.2) is 13.4 Å². The lowest BCUT2D eigenvalue weighted by atomic mass is 10.1. The van der Waals surface area contributed by atoms with E-state index >= 15 is 0 Å². The highest BCUT2D eigenvalue weighted by molar-refractivity contribution is 7.89. The minimum Gasteiger partial charge on any atom is -0.244 e. The van der Waals surface area contributed by atoms with Gasteiger partial charge in [-0.1, -0.05) is 12.1 Å². The second-order valence-corrected chi connectivity index (χ2v) is 5.83. The number of rotatable bonds is 4. The fourth-order valence-corrected chi connectivity index (χ4v) is 2.82. The Balaban J connectivity index is 2.23. The summed E-state index contributed by atoms with van der Waals surface area (Å²) in [6, 6.07) is 13.1. The molecule has 1 aromatic carbocycles. The van der Waals surface area contributed by atoms with Crippen molar-refractivity contribution in [3.63, 3.8) is 0 Å². The van der Waals surface area contributed by atoms with Crippen LogP contribution in [-0.2, 0) is 16.6 Å². The Labute approximate surface area is 122 Å². The smallest absolute Gasteiger partial charge is 0.243 e. The van der Waals surface area contributed by atoms with Crippen molar-refractivity contribution in [1.82, 2.24) is 9.71 Å². The highest BCUT2D eigenvalue weighted by Crippen LogP contribution is 2.13. The topological polar surface area (TPSA) is 107 Å². The molecule has 0 radical (unpaired) electrons. The van der Waals surface area contributed by atoms with Crippen molar-refractivity contribution in [3.05, 3.63) is 59.4 Å². The molecule has 0 atom stereocenters. The zero-order valence-electron chi connectivity index (χ0n) is 10.8. The molecule has 1 heterocycles. The van der Waals surface area contributed by atoms with Gasteiger partial charge in [0.1, 0.15) is 11.0 Å². The lowest BCUT2D eigenvalue weighted by Crippen LogP contribution is -2.24. The molecular formula is C14H10N4O2S. The molecule has 1 aromatic heterocycles. The fourth-order valence-electron chi connectivity index (χ4n) is 1.70. The molecule has 104 valence electrons. The molecule has 21 heavy (non-hydrogen) atoms. The van der Waals surface area contributed by atoms with Crippen LogP contribution in [0.3, 0.4) is 0 Å². The summed E-state index contributed by atoms with van der Waals surface area (Å²) >= 11 is 0. The van der Waals surface area contributed by atoms with Gasteiger partial charge in [-0.25, -0.2) is 18.1 Å². The first kappa shape index (κ1) is 14.7. The number of nitrogens with one attached hydrogen (secondary N) is 1. The van der Waals surface area contributed by atoms with E-state index in [1.165, 1.54) is 18.3 Å². The van der Waals surface area contributed by atoms with E-state index in [1.54, 1.807) is 30.3 Å². The van der Waals surface area contributed by atoms with Crippen molar-refractivity contribution in [2.24, 2.45) is 0 Å². The first-order valence-electron chi connectivity index (χ1n) is 5.90. The Bertz CT molecular complexity index is 848. The third kappa shape index (κ3) is 3.42. The largest absolute Gasteiger partial charge is 0.244 e. The number of aromatic nitrogens is 1. The van der Waals surface area contributed by atoms with Crippen molar-refractivity contribution >= 4 is 10.0 Å². The summed E-state index contributed by atoms with van der Waals surface area (Å²) in [5.74, 6) is 0. The number of pyridine rings is 1. The fraction of sp³-hybridized carbons (Fsp3) is 0.0714. The minimum absolute atomic E-state index is 0.0254. The summed E-state index contributed by atoms with van der Waals surface area (Å²) in [7, 11) is -3.84. The summed E-state index contributed by atoms with van der Waals surface area (Å²) in [5, 5.41) is 17.7. The van der Waals surface area contributed by atoms with E-state index in [0.717, 1.165) is 0 Å². The molecule has 0 saturated heterocycles. The average Bonchev–Trinajstić information content (AvgIpc) is 2.53. The van der Waals surface area contributed by atoms with Crippen LogP contribution in [0.4, 0.5) is 0 Å². The third-order valence-electron chi connectivity index (χ3n) is 2.69. The molecule has 2 rings (SSSR count). The quantitative estimate of drug-likeness (QED) is 0.915. The molecule has 0 bridgehead atoms. The van der Waals surface area contributed by atoms with Gasteiger partial charge in [0.15, 0.2) is 5.69 Å². The molecule has 1 N–H and O–H groups in total. The predicted molar refractivity (Wildman–Crippen MR) is 74.1 cm³/mol. The molecule has 6 nitrogen and oxygen atoms in total. The number of hydrogen-bond donors (Lipinski definition) is 1. The third-order valence-corrected chi connectivity index (χ3v) is 4.12. The Morgan fingerprint density at radius 2 is 1.95 bits per heavy atom. The van der Waals surface area contributed by atoms with Gasteiger partial charge in [0.2, 0.25) is 10.0 Å². The standard InChI is InChI=1S/C14H10N4O2S/c15-8-11-3-1-4-12(7-11)10-18-21(19,20)14-5-2-6-17-13(14)9-16/h1-7,18H,10H2. The average molecular weight is 298 g/mol. The number of sulfonamides is 1. The molecule has 0 aliphatic rings. The van der Waals surface area contributed by atoms with Crippen LogP contribution in [0.2, 0.25) is 0 Å². The summed E-state index contributed by atoms with van der Waals surface area (Å²) < 4.78 is 26.7. The summed E-state index contributed by atoms with van der Waals surface area (Å²) in [6.07, 6.45) is 1.36. The zero-order valence-corrected chi connectivity index (χ0v) is 11.6. The second kappa shape index (κ2) is 6.14. The molecule has 0 unspecified atom stereocenters. The molecule has 7 heteroatoms. The van der Waals surface area contributed by atoms with Crippen LogP contribution in [0.15, 0.2) is 47.5 Å². The monoisotopic (exact) mass is 298 g/mol. The van der Waals surface area contributed by atoms with E-state index in [1.807, 2.05) is 6.07 Å². The van der Waals surface area contributed by atoms with Crippen LogP contribution < -0.4 is 4.72 Å². The van der Waals surface area contributed by atoms with Gasteiger partial charge in [-0.3, -0.25) is 0 Å². The van der Waals surface area contributed by atoms with Gasteiger partial charge in [-0.15, -0.1) is 0 Å². The summed E-state index contributed by atoms with van der Waals surface area (Å²) in [5.41, 5.74) is 0.946. The van der Waals surface area contributed by atoms with E-state index in [2.05, 4.69) is 9.71 Å². The van der Waals surface area contributed by atoms with Gasteiger partial charge in [0.25, 0.3) is 0 Å². The maximum Gasteiger partial charge on any atom is 0.243 e. The van der Waals surface area contributed by atoms with Gasteiger partial charge in [0.05, 0.1) is 11.6 Å². The normalized spacial score (nSPS) is 10.6. The lowest BCUT2D eigenvalue weighted by Gasteiger charge is -2.07. The van der Waals surface area contributed by atoms with Gasteiger partial charge >= 0.3 is 0 Å². The summed E-state index contributed by atoms with van der Waals surface area (Å²) in [6.45, 7) is 0.0254. The molecule has 0 fully saturated rings. The van der Waals surface area contributed by atoms with Crippen molar-refractivity contribution in [3.8, 4) is 12.1 Å². The highest BCUT2D eigenvalue weighted by Gasteiger charge is 2.18. The SMILES string of the molecule is N#Cc1cccc(CNS(=O)(=O)c2cccnc2C#N)c1. The highest BCUT2D eigenvalue weighted by atomic mass is 32.2. The Kier molecular flexibility index (Phi) is 4.29. The maximum absolute atomic E-state index is 12.2. The number of hydrogen-bond acceptors (Lipinski definition) is 5. The molecule has 0 saturated carbocycles. The molecular weight excluding hydrogens is 288 g/mol. The molecule has 0 aliphatic carbocycles. The van der Waals surface area contributed by atoms with Crippen LogP contribution in [0.1, 0.15) is 16.8 Å². The Morgan fingerprint density at radius 3 is 2.67 bits per heavy atom.